The van der Waals surface area contributed by atoms with E-state index in [-0.39, 0.29) is 11.5 Å². The van der Waals surface area contributed by atoms with Gasteiger partial charge in [-0.2, -0.15) is 17.0 Å². The summed E-state index contributed by atoms with van der Waals surface area (Å²) in [4.78, 5) is 24.3. The van der Waals surface area contributed by atoms with E-state index in [1.54, 1.807) is 12.3 Å². The fraction of sp³-hybridized carbons (Fsp3) is 0.444. The molecule has 3 heterocycles. The fourth-order valence-electron chi connectivity index (χ4n) is 3.21. The van der Waals surface area contributed by atoms with Crippen LogP contribution in [-0.2, 0) is 10.2 Å². The highest BCUT2D eigenvalue weighted by Gasteiger charge is 2.32. The zero-order chi connectivity index (χ0) is 20.5. The number of hydrogen-bond acceptors (Lipinski definition) is 6. The van der Waals surface area contributed by atoms with Gasteiger partial charge in [-0.25, -0.2) is 14.8 Å². The van der Waals surface area contributed by atoms with Crippen LogP contribution in [0.1, 0.15) is 40.6 Å². The number of carbonyl (C=O) groups is 1. The van der Waals surface area contributed by atoms with Gasteiger partial charge in [0.15, 0.2) is 0 Å². The lowest BCUT2D eigenvalue weighted by Crippen LogP contribution is -2.45. The van der Waals surface area contributed by atoms with Crippen molar-refractivity contribution in [3.63, 3.8) is 0 Å². The molecule has 10 heteroatoms. The van der Waals surface area contributed by atoms with Crippen molar-refractivity contribution in [2.24, 2.45) is 0 Å². The van der Waals surface area contributed by atoms with Crippen molar-refractivity contribution in [3.05, 3.63) is 41.6 Å². The van der Waals surface area contributed by atoms with Crippen LogP contribution in [0.25, 0.3) is 11.3 Å². The predicted molar refractivity (Wildman–Crippen MR) is 103 cm³/mol. The van der Waals surface area contributed by atoms with Crippen LogP contribution in [0.5, 0.6) is 0 Å². The summed E-state index contributed by atoms with van der Waals surface area (Å²) >= 11 is 0. The Morgan fingerprint density at radius 1 is 1.25 bits per heavy atom. The quantitative estimate of drug-likeness (QED) is 0.802. The second-order valence-electron chi connectivity index (χ2n) is 7.01. The lowest BCUT2D eigenvalue weighted by atomic mass is 9.98. The van der Waals surface area contributed by atoms with E-state index in [0.717, 1.165) is 18.5 Å². The van der Waals surface area contributed by atoms with Crippen molar-refractivity contribution in [2.45, 2.75) is 25.7 Å². The molecule has 0 amide bonds. The molecule has 0 spiro atoms. The van der Waals surface area contributed by atoms with E-state index in [0.29, 0.717) is 30.2 Å². The summed E-state index contributed by atoms with van der Waals surface area (Å²) < 4.78 is 27.6. The first-order chi connectivity index (χ1) is 13.2. The van der Waals surface area contributed by atoms with Crippen LogP contribution in [0.3, 0.4) is 0 Å². The molecule has 28 heavy (non-hydrogen) atoms. The Morgan fingerprint density at radius 3 is 2.68 bits per heavy atom. The molecule has 1 unspecified atom stereocenters. The van der Waals surface area contributed by atoms with Crippen LogP contribution < -0.4 is 0 Å². The number of pyridine rings is 1. The van der Waals surface area contributed by atoms with Crippen molar-refractivity contribution >= 4 is 16.2 Å². The molecule has 150 valence electrons. The summed E-state index contributed by atoms with van der Waals surface area (Å²) in [6.07, 6.45) is 4.35. The predicted octanol–water partition coefficient (Wildman–Crippen LogP) is 1.53. The zero-order valence-electron chi connectivity index (χ0n) is 16.0. The van der Waals surface area contributed by atoms with Gasteiger partial charge in [0.1, 0.15) is 5.82 Å². The number of aryl methyl sites for hydroxylation is 1. The molecular formula is C18H23N5O4S. The highest BCUT2D eigenvalue weighted by molar-refractivity contribution is 7.86. The standard InChI is InChI=1S/C18H23N5O4S/c1-12-7-16(14-8-15(18(24)25)10-19-9-14)21-17(20-12)13-5-4-6-23(11-13)28(26,27)22(2)3/h7-10,13H,4-6,11H2,1-3H3,(H,24,25). The second-order valence-corrected chi connectivity index (χ2v) is 9.15. The summed E-state index contributed by atoms with van der Waals surface area (Å²) in [5.74, 6) is -0.621. The zero-order valence-corrected chi connectivity index (χ0v) is 16.8. The molecular weight excluding hydrogens is 382 g/mol. The van der Waals surface area contributed by atoms with Crippen LogP contribution in [-0.4, -0.2) is 70.2 Å². The third-order valence-corrected chi connectivity index (χ3v) is 6.60. The van der Waals surface area contributed by atoms with Gasteiger partial charge in [0.05, 0.1) is 11.3 Å². The Balaban J connectivity index is 1.93. The van der Waals surface area contributed by atoms with Gasteiger partial charge in [-0.15, -0.1) is 0 Å². The topological polar surface area (TPSA) is 117 Å². The van der Waals surface area contributed by atoms with Gasteiger partial charge in [-0.3, -0.25) is 4.98 Å². The van der Waals surface area contributed by atoms with E-state index in [1.807, 2.05) is 6.92 Å². The number of nitrogens with zero attached hydrogens (tertiary/aromatic N) is 5. The number of carboxylic acids is 1. The lowest BCUT2D eigenvalue weighted by Gasteiger charge is -2.32. The molecule has 0 aliphatic carbocycles. The number of hydrogen-bond donors (Lipinski definition) is 1. The van der Waals surface area contributed by atoms with E-state index < -0.39 is 16.2 Å². The number of piperidine rings is 1. The van der Waals surface area contributed by atoms with E-state index in [2.05, 4.69) is 15.0 Å². The van der Waals surface area contributed by atoms with E-state index in [1.165, 1.54) is 35.0 Å². The highest BCUT2D eigenvalue weighted by atomic mass is 32.2. The van der Waals surface area contributed by atoms with E-state index >= 15 is 0 Å². The van der Waals surface area contributed by atoms with Crippen molar-refractivity contribution < 1.29 is 18.3 Å². The number of aromatic nitrogens is 3. The smallest absolute Gasteiger partial charge is 0.337 e. The number of carboxylic acid groups (broad SMARTS) is 1. The van der Waals surface area contributed by atoms with Crippen molar-refractivity contribution in [1.82, 2.24) is 23.6 Å². The maximum atomic E-state index is 12.5. The molecule has 2 aromatic heterocycles. The van der Waals surface area contributed by atoms with Gasteiger partial charge in [0, 0.05) is 56.8 Å². The molecule has 3 rings (SSSR count). The Bertz CT molecular complexity index is 993. The van der Waals surface area contributed by atoms with Gasteiger partial charge in [-0.1, -0.05) is 0 Å². The van der Waals surface area contributed by atoms with E-state index in [9.17, 15) is 18.3 Å². The Morgan fingerprint density at radius 2 is 2.00 bits per heavy atom. The van der Waals surface area contributed by atoms with Gasteiger partial charge in [0.25, 0.3) is 10.2 Å². The fourth-order valence-corrected chi connectivity index (χ4v) is 4.40. The third kappa shape index (κ3) is 4.18. The molecule has 0 radical (unpaired) electrons. The number of aromatic carboxylic acids is 1. The largest absolute Gasteiger partial charge is 0.478 e. The van der Waals surface area contributed by atoms with Crippen LogP contribution in [0.2, 0.25) is 0 Å². The minimum absolute atomic E-state index is 0.0798. The SMILES string of the molecule is Cc1cc(-c2cncc(C(=O)O)c2)nc(C2CCCN(S(=O)(=O)N(C)C)C2)n1. The first kappa shape index (κ1) is 20.3. The van der Waals surface area contributed by atoms with Crippen LogP contribution in [0.15, 0.2) is 24.5 Å². The number of rotatable bonds is 5. The van der Waals surface area contributed by atoms with Crippen LogP contribution >= 0.6 is 0 Å². The molecule has 0 aromatic carbocycles. The molecule has 1 N–H and O–H groups in total. The molecule has 1 aliphatic rings. The minimum Gasteiger partial charge on any atom is -0.478 e. The van der Waals surface area contributed by atoms with Gasteiger partial charge in [-0.05, 0) is 31.9 Å². The molecule has 9 nitrogen and oxygen atoms in total. The third-order valence-electron chi connectivity index (χ3n) is 4.69. The molecule has 1 fully saturated rings. The minimum atomic E-state index is -3.49. The second kappa shape index (κ2) is 7.90. The molecule has 1 atom stereocenters. The summed E-state index contributed by atoms with van der Waals surface area (Å²) in [6.45, 7) is 2.62. The summed E-state index contributed by atoms with van der Waals surface area (Å²) in [5, 5.41) is 9.18. The summed E-state index contributed by atoms with van der Waals surface area (Å²) in [7, 11) is -0.460. The normalized spacial score (nSPS) is 18.4. The van der Waals surface area contributed by atoms with Crippen molar-refractivity contribution in [2.75, 3.05) is 27.2 Å². The first-order valence-electron chi connectivity index (χ1n) is 8.90. The lowest BCUT2D eigenvalue weighted by molar-refractivity contribution is 0.0696. The molecule has 0 saturated carbocycles. The molecule has 1 aliphatic heterocycles. The van der Waals surface area contributed by atoms with Crippen molar-refractivity contribution in [1.29, 1.82) is 0 Å². The highest BCUT2D eigenvalue weighted by Crippen LogP contribution is 2.28. The maximum absolute atomic E-state index is 12.5. The summed E-state index contributed by atoms with van der Waals surface area (Å²) in [5.41, 5.74) is 1.97. The Hall–Kier alpha value is -2.43. The summed E-state index contributed by atoms with van der Waals surface area (Å²) in [6, 6.07) is 3.29. The van der Waals surface area contributed by atoms with Gasteiger partial charge >= 0.3 is 5.97 Å². The van der Waals surface area contributed by atoms with Gasteiger partial charge in [0.2, 0.25) is 0 Å². The van der Waals surface area contributed by atoms with Crippen LogP contribution in [0, 0.1) is 6.92 Å². The van der Waals surface area contributed by atoms with Crippen molar-refractivity contribution in [3.8, 4) is 11.3 Å². The average molecular weight is 405 g/mol. The Labute approximate surface area is 164 Å². The maximum Gasteiger partial charge on any atom is 0.337 e. The van der Waals surface area contributed by atoms with E-state index in [4.69, 9.17) is 0 Å². The van der Waals surface area contributed by atoms with Gasteiger partial charge < -0.3 is 5.11 Å². The van der Waals surface area contributed by atoms with Crippen LogP contribution in [0.4, 0.5) is 0 Å². The molecule has 2 aromatic rings. The molecule has 1 saturated heterocycles. The first-order valence-corrected chi connectivity index (χ1v) is 10.3. The Kier molecular flexibility index (Phi) is 5.73. The monoisotopic (exact) mass is 405 g/mol. The average Bonchev–Trinajstić information content (AvgIpc) is 2.67. The molecule has 0 bridgehead atoms.